The van der Waals surface area contributed by atoms with Crippen LogP contribution >= 0.6 is 0 Å². The third-order valence-electron chi connectivity index (χ3n) is 4.40. The lowest BCUT2D eigenvalue weighted by atomic mass is 9.52. The number of carbonyl (C=O) groups excluding carboxylic acids is 1. The maximum absolute atomic E-state index is 11.9. The number of carbonyl (C=O) groups is 1. The first-order chi connectivity index (χ1) is 8.82. The van der Waals surface area contributed by atoms with E-state index in [1.165, 1.54) is 12.8 Å². The fraction of sp³-hybridized carbons (Fsp3) is 0.800. The molecule has 0 aromatic rings. The molecule has 0 aromatic heterocycles. The number of nitrogens with one attached hydrogen (secondary N) is 1. The van der Waals surface area contributed by atoms with E-state index < -0.39 is 5.60 Å². The zero-order chi connectivity index (χ0) is 13.7. The summed E-state index contributed by atoms with van der Waals surface area (Å²) in [6, 6.07) is 0. The lowest BCUT2D eigenvalue weighted by Crippen LogP contribution is -2.72. The smallest absolute Gasteiger partial charge is 0.410 e. The van der Waals surface area contributed by atoms with Crippen molar-refractivity contribution in [3.05, 3.63) is 12.2 Å². The van der Waals surface area contributed by atoms with E-state index in [0.29, 0.717) is 11.0 Å². The van der Waals surface area contributed by atoms with Crippen LogP contribution in [0.5, 0.6) is 0 Å². The van der Waals surface area contributed by atoms with Gasteiger partial charge < -0.3 is 15.0 Å². The van der Waals surface area contributed by atoms with Crippen LogP contribution in [0.1, 0.15) is 40.0 Å². The van der Waals surface area contributed by atoms with Crippen LogP contribution in [-0.2, 0) is 4.74 Å². The van der Waals surface area contributed by atoms with Crippen molar-refractivity contribution in [1.82, 2.24) is 10.2 Å². The van der Waals surface area contributed by atoms with Crippen molar-refractivity contribution in [2.75, 3.05) is 19.6 Å². The summed E-state index contributed by atoms with van der Waals surface area (Å²) in [5.74, 6) is 0. The molecule has 0 radical (unpaired) electrons. The lowest BCUT2D eigenvalue weighted by Gasteiger charge is -2.64. The van der Waals surface area contributed by atoms with Gasteiger partial charge in [-0.05, 0) is 40.0 Å². The quantitative estimate of drug-likeness (QED) is 0.683. The van der Waals surface area contributed by atoms with Gasteiger partial charge in [0.05, 0.1) is 0 Å². The molecule has 4 nitrogen and oxygen atoms in total. The molecule has 2 aliphatic heterocycles. The lowest BCUT2D eigenvalue weighted by molar-refractivity contribution is -0.114. The highest BCUT2D eigenvalue weighted by molar-refractivity contribution is 5.69. The Balaban J connectivity index is 1.49. The molecule has 106 valence electrons. The van der Waals surface area contributed by atoms with Crippen LogP contribution in [0.3, 0.4) is 0 Å². The van der Waals surface area contributed by atoms with Crippen LogP contribution in [0.25, 0.3) is 0 Å². The summed E-state index contributed by atoms with van der Waals surface area (Å²) in [7, 11) is 0. The zero-order valence-electron chi connectivity index (χ0n) is 12.2. The van der Waals surface area contributed by atoms with Crippen molar-refractivity contribution < 1.29 is 9.53 Å². The van der Waals surface area contributed by atoms with Gasteiger partial charge in [-0.2, -0.15) is 0 Å². The van der Waals surface area contributed by atoms with Crippen LogP contribution in [0.4, 0.5) is 4.79 Å². The fourth-order valence-electron chi connectivity index (χ4n) is 3.84. The molecular weight excluding hydrogens is 240 g/mol. The Labute approximate surface area is 115 Å². The normalized spacial score (nSPS) is 27.0. The van der Waals surface area contributed by atoms with Gasteiger partial charge in [-0.1, -0.05) is 12.2 Å². The summed E-state index contributed by atoms with van der Waals surface area (Å²) in [6.07, 6.45) is 7.86. The third kappa shape index (κ3) is 2.38. The molecule has 2 heterocycles. The molecular formula is C15H24N2O2. The Hall–Kier alpha value is -1.03. The Morgan fingerprint density at radius 3 is 2.47 bits per heavy atom. The average Bonchev–Trinajstić information content (AvgIpc) is 2.20. The van der Waals surface area contributed by atoms with Crippen LogP contribution in [0, 0.1) is 5.41 Å². The van der Waals surface area contributed by atoms with E-state index in [4.69, 9.17) is 4.74 Å². The first-order valence-electron chi connectivity index (χ1n) is 7.20. The maximum atomic E-state index is 11.9. The summed E-state index contributed by atoms with van der Waals surface area (Å²) in [4.78, 5) is 13.8. The molecule has 0 unspecified atom stereocenters. The first-order valence-corrected chi connectivity index (χ1v) is 7.20. The molecule has 19 heavy (non-hydrogen) atoms. The van der Waals surface area contributed by atoms with Crippen molar-refractivity contribution in [2.45, 2.75) is 51.2 Å². The van der Waals surface area contributed by atoms with E-state index in [-0.39, 0.29) is 6.09 Å². The molecule has 3 aliphatic rings. The van der Waals surface area contributed by atoms with Crippen LogP contribution in [0.2, 0.25) is 0 Å². The van der Waals surface area contributed by atoms with Gasteiger partial charge in [-0.3, -0.25) is 0 Å². The van der Waals surface area contributed by atoms with Crippen molar-refractivity contribution in [3.63, 3.8) is 0 Å². The summed E-state index contributed by atoms with van der Waals surface area (Å²) in [5, 5.41) is 3.62. The monoisotopic (exact) mass is 264 g/mol. The molecule has 1 N–H and O–H groups in total. The average molecular weight is 264 g/mol. The zero-order valence-corrected chi connectivity index (χ0v) is 12.2. The molecule has 0 atom stereocenters. The summed E-state index contributed by atoms with van der Waals surface area (Å²) in [6.45, 7) is 8.47. The van der Waals surface area contributed by atoms with Gasteiger partial charge in [0, 0.05) is 30.6 Å². The number of ether oxygens (including phenoxy) is 1. The number of likely N-dealkylation sites (tertiary alicyclic amines) is 1. The van der Waals surface area contributed by atoms with Gasteiger partial charge in [0.25, 0.3) is 0 Å². The SMILES string of the molecule is CC(C)(C)OC(=O)N1CC2(C1)CC1(CC=CCN1)C2. The summed E-state index contributed by atoms with van der Waals surface area (Å²) < 4.78 is 5.40. The van der Waals surface area contributed by atoms with Gasteiger partial charge >= 0.3 is 6.09 Å². The molecule has 1 saturated carbocycles. The van der Waals surface area contributed by atoms with Crippen molar-refractivity contribution >= 4 is 6.09 Å². The van der Waals surface area contributed by atoms with E-state index in [0.717, 1.165) is 26.1 Å². The summed E-state index contributed by atoms with van der Waals surface area (Å²) >= 11 is 0. The number of nitrogens with zero attached hydrogens (tertiary/aromatic N) is 1. The third-order valence-corrected chi connectivity index (χ3v) is 4.40. The van der Waals surface area contributed by atoms with E-state index in [1.807, 2.05) is 25.7 Å². The number of hydrogen-bond donors (Lipinski definition) is 1. The van der Waals surface area contributed by atoms with Crippen LogP contribution in [0.15, 0.2) is 12.2 Å². The van der Waals surface area contributed by atoms with Gasteiger partial charge in [-0.25, -0.2) is 4.79 Å². The number of amides is 1. The van der Waals surface area contributed by atoms with Gasteiger partial charge in [0.15, 0.2) is 0 Å². The van der Waals surface area contributed by atoms with Crippen LogP contribution in [-0.4, -0.2) is 41.8 Å². The highest BCUT2D eigenvalue weighted by Crippen LogP contribution is 2.56. The van der Waals surface area contributed by atoms with Gasteiger partial charge in [-0.15, -0.1) is 0 Å². The minimum Gasteiger partial charge on any atom is -0.444 e. The van der Waals surface area contributed by atoms with Gasteiger partial charge in [0.2, 0.25) is 0 Å². The summed E-state index contributed by atoms with van der Waals surface area (Å²) in [5.41, 5.74) is 0.306. The van der Waals surface area contributed by atoms with Crippen molar-refractivity contribution in [3.8, 4) is 0 Å². The molecule has 1 amide bonds. The number of rotatable bonds is 0. The highest BCUT2D eigenvalue weighted by Gasteiger charge is 2.60. The molecule has 3 rings (SSSR count). The minimum absolute atomic E-state index is 0.157. The molecule has 1 aliphatic carbocycles. The standard InChI is InChI=1S/C15H24N2O2/c1-13(2,3)19-12(18)17-10-14(11-17)8-15(9-14)6-4-5-7-16-15/h4-5,16H,6-11H2,1-3H3. The fourth-order valence-corrected chi connectivity index (χ4v) is 3.84. The minimum atomic E-state index is -0.392. The molecule has 2 fully saturated rings. The van der Waals surface area contributed by atoms with Gasteiger partial charge in [0.1, 0.15) is 5.60 Å². The Bertz CT molecular complexity index is 408. The molecule has 0 bridgehead atoms. The van der Waals surface area contributed by atoms with Crippen LogP contribution < -0.4 is 5.32 Å². The topological polar surface area (TPSA) is 41.6 Å². The first kappa shape index (κ1) is 13.0. The Morgan fingerprint density at radius 1 is 1.26 bits per heavy atom. The second kappa shape index (κ2) is 3.98. The predicted molar refractivity (Wildman–Crippen MR) is 74.0 cm³/mol. The Kier molecular flexibility index (Phi) is 2.72. The van der Waals surface area contributed by atoms with E-state index in [1.54, 1.807) is 0 Å². The van der Waals surface area contributed by atoms with E-state index in [9.17, 15) is 4.79 Å². The largest absolute Gasteiger partial charge is 0.444 e. The van der Waals surface area contributed by atoms with E-state index >= 15 is 0 Å². The maximum Gasteiger partial charge on any atom is 0.410 e. The highest BCUT2D eigenvalue weighted by atomic mass is 16.6. The second-order valence-electron chi connectivity index (χ2n) is 7.53. The van der Waals surface area contributed by atoms with Crippen molar-refractivity contribution in [2.24, 2.45) is 5.41 Å². The molecule has 0 aromatic carbocycles. The second-order valence-corrected chi connectivity index (χ2v) is 7.53. The Morgan fingerprint density at radius 2 is 1.95 bits per heavy atom. The van der Waals surface area contributed by atoms with E-state index in [2.05, 4.69) is 17.5 Å². The molecule has 2 spiro atoms. The van der Waals surface area contributed by atoms with Crippen molar-refractivity contribution in [1.29, 1.82) is 0 Å². The number of hydrogen-bond acceptors (Lipinski definition) is 3. The molecule has 1 saturated heterocycles. The predicted octanol–water partition coefficient (Wildman–Crippen LogP) is 2.31. The molecule has 4 heteroatoms.